The molecule has 0 spiro atoms. The summed E-state index contributed by atoms with van der Waals surface area (Å²) < 4.78 is 24.4. The number of anilines is 1. The van der Waals surface area contributed by atoms with E-state index in [4.69, 9.17) is 9.47 Å². The molecule has 5 rings (SSSR count). The zero-order chi connectivity index (χ0) is 24.4. The van der Waals surface area contributed by atoms with Crippen LogP contribution in [-0.4, -0.2) is 67.7 Å². The zero-order valence-corrected chi connectivity index (χ0v) is 20.1. The van der Waals surface area contributed by atoms with E-state index < -0.39 is 0 Å². The highest BCUT2D eigenvalue weighted by Gasteiger charge is 2.38. The Balaban J connectivity index is 1.14. The topological polar surface area (TPSA) is 62.3 Å². The number of rotatable bonds is 6. The molecular weight excluding hydrogens is 449 g/mol. The molecule has 0 bridgehead atoms. The van der Waals surface area contributed by atoms with Gasteiger partial charge in [0.2, 0.25) is 5.91 Å². The predicted octanol–water partition coefficient (Wildman–Crippen LogP) is 4.24. The summed E-state index contributed by atoms with van der Waals surface area (Å²) in [6.07, 6.45) is 3.10. The first-order valence-electron chi connectivity index (χ1n) is 12.4. The lowest BCUT2D eigenvalue weighted by Crippen LogP contribution is -2.58. The molecule has 0 aliphatic carbocycles. The lowest BCUT2D eigenvalue weighted by Gasteiger charge is -2.42. The minimum atomic E-state index is -0.227. The minimum Gasteiger partial charge on any atom is -0.497 e. The van der Waals surface area contributed by atoms with E-state index in [-0.39, 0.29) is 29.9 Å². The van der Waals surface area contributed by atoms with Crippen LogP contribution in [0, 0.1) is 11.7 Å². The number of halogens is 1. The number of amides is 3. The molecule has 8 heteroatoms. The summed E-state index contributed by atoms with van der Waals surface area (Å²) in [7, 11) is 1.59. The van der Waals surface area contributed by atoms with E-state index in [1.807, 2.05) is 17.0 Å². The maximum absolute atomic E-state index is 13.3. The highest BCUT2D eigenvalue weighted by molar-refractivity contribution is 6.15. The molecule has 3 fully saturated rings. The largest absolute Gasteiger partial charge is 0.497 e. The molecule has 186 valence electrons. The van der Waals surface area contributed by atoms with Gasteiger partial charge in [0.25, 0.3) is 0 Å². The monoisotopic (exact) mass is 481 g/mol. The van der Waals surface area contributed by atoms with Crippen LogP contribution in [0.25, 0.3) is 0 Å². The van der Waals surface area contributed by atoms with Gasteiger partial charge < -0.3 is 19.3 Å². The quantitative estimate of drug-likeness (QED) is 0.618. The number of likely N-dealkylation sites (tertiary alicyclic amines) is 1. The van der Waals surface area contributed by atoms with E-state index in [0.29, 0.717) is 36.9 Å². The van der Waals surface area contributed by atoms with E-state index >= 15 is 0 Å². The van der Waals surface area contributed by atoms with Crippen LogP contribution in [-0.2, 0) is 9.53 Å². The lowest BCUT2D eigenvalue weighted by molar-refractivity contribution is -0.119. The summed E-state index contributed by atoms with van der Waals surface area (Å²) in [5.74, 6) is 0.744. The van der Waals surface area contributed by atoms with Crippen molar-refractivity contribution in [1.29, 1.82) is 0 Å². The van der Waals surface area contributed by atoms with E-state index in [1.54, 1.807) is 31.4 Å². The second-order valence-corrected chi connectivity index (χ2v) is 9.66. The molecule has 35 heavy (non-hydrogen) atoms. The number of carbonyl (C=O) groups is 2. The van der Waals surface area contributed by atoms with E-state index in [1.165, 1.54) is 17.0 Å². The summed E-state index contributed by atoms with van der Waals surface area (Å²) in [6, 6.07) is 13.5. The summed E-state index contributed by atoms with van der Waals surface area (Å²) >= 11 is 0. The summed E-state index contributed by atoms with van der Waals surface area (Å²) in [4.78, 5) is 31.5. The van der Waals surface area contributed by atoms with Crippen molar-refractivity contribution in [3.05, 3.63) is 59.9 Å². The van der Waals surface area contributed by atoms with Crippen molar-refractivity contribution in [2.45, 2.75) is 37.8 Å². The number of methoxy groups -OCH3 is 1. The molecule has 3 heterocycles. The van der Waals surface area contributed by atoms with Crippen molar-refractivity contribution in [2.24, 2.45) is 5.92 Å². The van der Waals surface area contributed by atoms with Gasteiger partial charge in [0, 0.05) is 38.6 Å². The number of hydrogen-bond acceptors (Lipinski definition) is 5. The van der Waals surface area contributed by atoms with Gasteiger partial charge in [-0.2, -0.15) is 0 Å². The van der Waals surface area contributed by atoms with Crippen molar-refractivity contribution < 1.29 is 23.5 Å². The third kappa shape index (κ3) is 5.18. The van der Waals surface area contributed by atoms with Gasteiger partial charge in [-0.15, -0.1) is 0 Å². The number of piperidine rings is 1. The molecule has 0 N–H and O–H groups in total. The molecule has 0 aromatic heterocycles. The molecule has 2 aromatic carbocycles. The molecule has 0 radical (unpaired) electrons. The predicted molar refractivity (Wildman–Crippen MR) is 130 cm³/mol. The van der Waals surface area contributed by atoms with E-state index in [9.17, 15) is 14.0 Å². The fraction of sp³-hybridized carbons (Fsp3) is 0.481. The fourth-order valence-electron chi connectivity index (χ4n) is 5.49. The van der Waals surface area contributed by atoms with Gasteiger partial charge >= 0.3 is 6.03 Å². The van der Waals surface area contributed by atoms with Crippen LogP contribution in [0.4, 0.5) is 14.9 Å². The molecule has 3 saturated heterocycles. The standard InChI is InChI=1S/C27H32FN3O4/c1-34-24-8-6-23(7-9-24)31-26(32)12-15-30(27(31)33)22-10-13-29(14-11-22)17-19-16-25(35-18-19)20-2-4-21(28)5-3-20/h2-9,19,22,25H,10-18H2,1H3. The van der Waals surface area contributed by atoms with Crippen molar-refractivity contribution >= 4 is 17.6 Å². The highest BCUT2D eigenvalue weighted by Crippen LogP contribution is 2.34. The minimum absolute atomic E-state index is 0.0329. The Kier molecular flexibility index (Phi) is 7.02. The summed E-state index contributed by atoms with van der Waals surface area (Å²) in [5.41, 5.74) is 1.62. The van der Waals surface area contributed by atoms with Gasteiger partial charge in [-0.25, -0.2) is 14.1 Å². The van der Waals surface area contributed by atoms with Crippen LogP contribution in [0.1, 0.15) is 37.4 Å². The Labute approximate surface area is 205 Å². The second kappa shape index (κ2) is 10.3. The lowest BCUT2D eigenvalue weighted by atomic mass is 9.97. The molecule has 3 aliphatic heterocycles. The van der Waals surface area contributed by atoms with Crippen molar-refractivity contribution in [2.75, 3.05) is 44.8 Å². The molecule has 3 aliphatic rings. The molecule has 2 unspecified atom stereocenters. The maximum Gasteiger partial charge on any atom is 0.331 e. The number of ether oxygens (including phenoxy) is 2. The van der Waals surface area contributed by atoms with Crippen molar-refractivity contribution in [1.82, 2.24) is 9.80 Å². The van der Waals surface area contributed by atoms with Gasteiger partial charge in [0.15, 0.2) is 0 Å². The first-order chi connectivity index (χ1) is 17.0. The Hall–Kier alpha value is -2.97. The van der Waals surface area contributed by atoms with Gasteiger partial charge in [0.1, 0.15) is 11.6 Å². The van der Waals surface area contributed by atoms with E-state index in [0.717, 1.165) is 44.5 Å². The fourth-order valence-corrected chi connectivity index (χ4v) is 5.49. The number of urea groups is 1. The highest BCUT2D eigenvalue weighted by atomic mass is 19.1. The normalized spacial score (nSPS) is 24.3. The zero-order valence-electron chi connectivity index (χ0n) is 20.1. The smallest absolute Gasteiger partial charge is 0.331 e. The van der Waals surface area contributed by atoms with Gasteiger partial charge in [-0.05, 0) is 67.1 Å². The average molecular weight is 482 g/mol. The van der Waals surface area contributed by atoms with Gasteiger partial charge in [-0.1, -0.05) is 12.1 Å². The SMILES string of the molecule is COc1ccc(N2C(=O)CCN(C3CCN(CC4COC(c5ccc(F)cc5)C4)CC3)C2=O)cc1. The Bertz CT molecular complexity index is 1040. The average Bonchev–Trinajstić information content (AvgIpc) is 3.34. The number of hydrogen-bond donors (Lipinski definition) is 0. The first kappa shape index (κ1) is 23.8. The second-order valence-electron chi connectivity index (χ2n) is 9.66. The van der Waals surface area contributed by atoms with E-state index in [2.05, 4.69) is 4.90 Å². The van der Waals surface area contributed by atoms with Crippen molar-refractivity contribution in [3.8, 4) is 5.75 Å². The number of benzene rings is 2. The molecule has 7 nitrogen and oxygen atoms in total. The van der Waals surface area contributed by atoms with Crippen LogP contribution < -0.4 is 9.64 Å². The maximum atomic E-state index is 13.3. The van der Waals surface area contributed by atoms with Gasteiger partial charge in [-0.3, -0.25) is 4.79 Å². The molecule has 2 atom stereocenters. The molecule has 2 aromatic rings. The first-order valence-corrected chi connectivity index (χ1v) is 12.4. The Morgan fingerprint density at radius 2 is 1.71 bits per heavy atom. The molecule has 0 saturated carbocycles. The van der Waals surface area contributed by atoms with Gasteiger partial charge in [0.05, 0.1) is 25.5 Å². The van der Waals surface area contributed by atoms with Crippen LogP contribution in [0.5, 0.6) is 5.75 Å². The number of nitrogens with zero attached hydrogens (tertiary/aromatic N) is 3. The van der Waals surface area contributed by atoms with Crippen LogP contribution in [0.2, 0.25) is 0 Å². The van der Waals surface area contributed by atoms with Crippen LogP contribution >= 0.6 is 0 Å². The van der Waals surface area contributed by atoms with Crippen LogP contribution in [0.3, 0.4) is 0 Å². The Morgan fingerprint density at radius 3 is 2.40 bits per heavy atom. The number of imide groups is 1. The van der Waals surface area contributed by atoms with Crippen molar-refractivity contribution in [3.63, 3.8) is 0 Å². The third-order valence-corrected chi connectivity index (χ3v) is 7.42. The molecule has 3 amide bonds. The number of carbonyl (C=O) groups excluding carboxylic acids is 2. The summed E-state index contributed by atoms with van der Waals surface area (Å²) in [6.45, 7) is 4.00. The van der Waals surface area contributed by atoms with Crippen LogP contribution in [0.15, 0.2) is 48.5 Å². The Morgan fingerprint density at radius 1 is 1.00 bits per heavy atom. The third-order valence-electron chi connectivity index (χ3n) is 7.42. The molecular formula is C27H32FN3O4. The summed E-state index contributed by atoms with van der Waals surface area (Å²) in [5, 5.41) is 0.